The molecule has 3 rings (SSSR count). The molecule has 1 heterocycles. The maximum atomic E-state index is 6.34. The minimum Gasteiger partial charge on any atom is -0.490 e. The average molecular weight is 409 g/mol. The van der Waals surface area contributed by atoms with E-state index in [-0.39, 0.29) is 5.92 Å². The second kappa shape index (κ2) is 13.1. The van der Waals surface area contributed by atoms with Crippen LogP contribution in [0.5, 0.6) is 0 Å². The Balaban J connectivity index is 0.00000155. The molecule has 0 aromatic heterocycles. The first kappa shape index (κ1) is 24.0. The van der Waals surface area contributed by atoms with Crippen LogP contribution in [0.2, 0.25) is 0 Å². The van der Waals surface area contributed by atoms with Gasteiger partial charge in [-0.2, -0.15) is 0 Å². The zero-order valence-corrected chi connectivity index (χ0v) is 19.6. The normalized spacial score (nSPS) is 22.7. The lowest BCUT2D eigenvalue weighted by Gasteiger charge is -2.24. The van der Waals surface area contributed by atoms with Gasteiger partial charge in [-0.15, -0.1) is 0 Å². The molecule has 1 unspecified atom stereocenters. The quantitative estimate of drug-likeness (QED) is 0.472. The predicted molar refractivity (Wildman–Crippen MR) is 130 cm³/mol. The van der Waals surface area contributed by atoms with E-state index < -0.39 is 0 Å². The van der Waals surface area contributed by atoms with E-state index in [9.17, 15) is 0 Å². The number of allylic oxidation sites excluding steroid dienone is 7. The fourth-order valence-corrected chi connectivity index (χ4v) is 3.91. The molecule has 0 spiro atoms. The molecule has 1 saturated carbocycles. The van der Waals surface area contributed by atoms with Crippen LogP contribution in [0.3, 0.4) is 0 Å². The predicted octanol–water partition coefficient (Wildman–Crippen LogP) is 7.18. The van der Waals surface area contributed by atoms with Crippen LogP contribution in [0, 0.1) is 5.92 Å². The smallest absolute Gasteiger partial charge is 0.122 e. The van der Waals surface area contributed by atoms with Crippen LogP contribution in [0.15, 0.2) is 76.3 Å². The van der Waals surface area contributed by atoms with Gasteiger partial charge in [0.05, 0.1) is 6.10 Å². The van der Waals surface area contributed by atoms with E-state index in [2.05, 4.69) is 68.6 Å². The molecule has 0 bridgehead atoms. The largest absolute Gasteiger partial charge is 0.490 e. The molecule has 0 aromatic rings. The van der Waals surface area contributed by atoms with Crippen molar-refractivity contribution in [2.24, 2.45) is 10.9 Å². The van der Waals surface area contributed by atoms with Crippen LogP contribution >= 0.6 is 0 Å². The Morgan fingerprint density at radius 2 is 1.87 bits per heavy atom. The summed E-state index contributed by atoms with van der Waals surface area (Å²) < 4.78 is 6.34. The van der Waals surface area contributed by atoms with Gasteiger partial charge in [0, 0.05) is 23.9 Å². The maximum Gasteiger partial charge on any atom is 0.122 e. The molecule has 164 valence electrons. The molecule has 3 aliphatic rings. The Bertz CT molecular complexity index is 756. The molecule has 0 radical (unpaired) electrons. The van der Waals surface area contributed by atoms with Gasteiger partial charge in [0.25, 0.3) is 0 Å². The Kier molecular flexibility index (Phi) is 10.5. The Hall–Kier alpha value is -2.29. The van der Waals surface area contributed by atoms with Gasteiger partial charge < -0.3 is 10.1 Å². The molecule has 1 fully saturated rings. The first-order chi connectivity index (χ1) is 14.7. The van der Waals surface area contributed by atoms with Gasteiger partial charge in [-0.3, -0.25) is 4.99 Å². The first-order valence-electron chi connectivity index (χ1n) is 11.8. The molecule has 3 heteroatoms. The summed E-state index contributed by atoms with van der Waals surface area (Å²) in [6.07, 6.45) is 24.8. The molecule has 2 aliphatic carbocycles. The Morgan fingerprint density at radius 1 is 1.13 bits per heavy atom. The second-order valence-corrected chi connectivity index (χ2v) is 7.70. The summed E-state index contributed by atoms with van der Waals surface area (Å²) in [6.45, 7) is 11.3. The molecule has 0 saturated heterocycles. The number of aliphatic imine (C=N–C) groups is 1. The first-order valence-corrected chi connectivity index (χ1v) is 11.8. The van der Waals surface area contributed by atoms with E-state index in [1.165, 1.54) is 43.3 Å². The molecule has 1 atom stereocenters. The lowest BCUT2D eigenvalue weighted by Crippen LogP contribution is -2.16. The van der Waals surface area contributed by atoms with Gasteiger partial charge >= 0.3 is 0 Å². The van der Waals surface area contributed by atoms with E-state index in [1.54, 1.807) is 0 Å². The van der Waals surface area contributed by atoms with Crippen molar-refractivity contribution in [1.29, 1.82) is 0 Å². The van der Waals surface area contributed by atoms with Crippen molar-refractivity contribution < 1.29 is 4.74 Å². The van der Waals surface area contributed by atoms with Crippen LogP contribution in [0.25, 0.3) is 0 Å². The zero-order valence-electron chi connectivity index (χ0n) is 19.6. The highest BCUT2D eigenvalue weighted by molar-refractivity contribution is 6.03. The summed E-state index contributed by atoms with van der Waals surface area (Å²) in [6, 6.07) is 0. The van der Waals surface area contributed by atoms with Crippen LogP contribution in [0.1, 0.15) is 73.1 Å². The maximum absolute atomic E-state index is 6.34. The van der Waals surface area contributed by atoms with Gasteiger partial charge in [0.15, 0.2) is 0 Å². The summed E-state index contributed by atoms with van der Waals surface area (Å²) >= 11 is 0. The second-order valence-electron chi connectivity index (χ2n) is 7.70. The number of nitrogens with one attached hydrogen (secondary N) is 1. The van der Waals surface area contributed by atoms with Gasteiger partial charge in [-0.1, -0.05) is 57.6 Å². The van der Waals surface area contributed by atoms with E-state index in [1.807, 2.05) is 20.0 Å². The van der Waals surface area contributed by atoms with E-state index in [4.69, 9.17) is 9.73 Å². The van der Waals surface area contributed by atoms with Crippen LogP contribution in [0.4, 0.5) is 0 Å². The molecule has 1 aliphatic heterocycles. The number of rotatable bonds is 6. The van der Waals surface area contributed by atoms with Gasteiger partial charge in [0.2, 0.25) is 0 Å². The number of hydrogen-bond donors (Lipinski definition) is 1. The minimum absolute atomic E-state index is 0.167. The Labute approximate surface area is 184 Å². The lowest BCUT2D eigenvalue weighted by atomic mass is 9.98. The molecular weight excluding hydrogens is 368 g/mol. The monoisotopic (exact) mass is 408 g/mol. The van der Waals surface area contributed by atoms with Gasteiger partial charge in [-0.05, 0) is 75.4 Å². The summed E-state index contributed by atoms with van der Waals surface area (Å²) in [5, 5.41) is 3.21. The third kappa shape index (κ3) is 6.90. The van der Waals surface area contributed by atoms with Crippen LogP contribution < -0.4 is 5.32 Å². The summed E-state index contributed by atoms with van der Waals surface area (Å²) in [4.78, 5) is 5.04. The van der Waals surface area contributed by atoms with Gasteiger partial charge in [0.1, 0.15) is 5.76 Å². The van der Waals surface area contributed by atoms with Crippen LogP contribution in [-0.2, 0) is 4.74 Å². The SMILES string of the molecule is C/C=C(\N=C(CC)C1=CCNC=C1)C1C=CC(C)=C(OC2CCCCC2)C=C1.CC. The van der Waals surface area contributed by atoms with E-state index in [0.717, 1.165) is 30.1 Å². The van der Waals surface area contributed by atoms with Crippen molar-refractivity contribution in [2.75, 3.05) is 6.54 Å². The van der Waals surface area contributed by atoms with Crippen LogP contribution in [-0.4, -0.2) is 18.4 Å². The number of ether oxygens (including phenoxy) is 1. The highest BCUT2D eigenvalue weighted by Gasteiger charge is 2.18. The molecule has 0 aromatic carbocycles. The number of hydrogen-bond acceptors (Lipinski definition) is 3. The number of nitrogens with zero attached hydrogens (tertiary/aromatic N) is 1. The van der Waals surface area contributed by atoms with Crippen molar-refractivity contribution in [2.45, 2.75) is 79.2 Å². The fourth-order valence-electron chi connectivity index (χ4n) is 3.91. The standard InChI is InChI=1S/C25H34N2O.C2H6/c1-4-23(27-24(5-2)21-15-17-26-18-16-21)20-12-11-19(3)25(14-13-20)28-22-9-7-6-8-10-22;1-2/h4,11-17,20,22,26H,5-10,18H2,1-3H3;1-2H3/b23-4-,27-24?;. The van der Waals surface area contributed by atoms with Crippen molar-refractivity contribution in [3.8, 4) is 0 Å². The molecule has 3 nitrogen and oxygen atoms in total. The van der Waals surface area contributed by atoms with Crippen molar-refractivity contribution in [1.82, 2.24) is 5.32 Å². The summed E-state index contributed by atoms with van der Waals surface area (Å²) in [7, 11) is 0. The van der Waals surface area contributed by atoms with Gasteiger partial charge in [-0.25, -0.2) is 0 Å². The Morgan fingerprint density at radius 3 is 2.50 bits per heavy atom. The third-order valence-corrected chi connectivity index (χ3v) is 5.63. The average Bonchev–Trinajstić information content (AvgIpc) is 2.99. The number of dihydropyridines is 1. The topological polar surface area (TPSA) is 33.6 Å². The molecule has 1 N–H and O–H groups in total. The van der Waals surface area contributed by atoms with Crippen molar-refractivity contribution in [3.05, 3.63) is 71.3 Å². The summed E-state index contributed by atoms with van der Waals surface area (Å²) in [5.74, 6) is 1.19. The minimum atomic E-state index is 0.167. The molecular formula is C27H40N2O. The van der Waals surface area contributed by atoms with E-state index >= 15 is 0 Å². The molecule has 0 amide bonds. The molecule has 30 heavy (non-hydrogen) atoms. The fraction of sp³-hybridized carbons (Fsp3) is 0.519. The lowest BCUT2D eigenvalue weighted by molar-refractivity contribution is 0.0886. The van der Waals surface area contributed by atoms with Crippen molar-refractivity contribution >= 4 is 5.71 Å². The third-order valence-electron chi connectivity index (χ3n) is 5.63. The highest BCUT2D eigenvalue weighted by Crippen LogP contribution is 2.28. The van der Waals surface area contributed by atoms with Crippen molar-refractivity contribution in [3.63, 3.8) is 0 Å². The highest BCUT2D eigenvalue weighted by atomic mass is 16.5. The zero-order chi connectivity index (χ0) is 21.8. The summed E-state index contributed by atoms with van der Waals surface area (Å²) in [5.41, 5.74) is 4.64. The van der Waals surface area contributed by atoms with E-state index in [0.29, 0.717) is 6.10 Å².